The van der Waals surface area contributed by atoms with Crippen molar-refractivity contribution >= 4 is 29.0 Å². The van der Waals surface area contributed by atoms with E-state index in [4.69, 9.17) is 5.11 Å². The summed E-state index contributed by atoms with van der Waals surface area (Å²) in [5.74, 6) is -0.821. The summed E-state index contributed by atoms with van der Waals surface area (Å²) in [6.07, 6.45) is 3.24. The van der Waals surface area contributed by atoms with Crippen LogP contribution < -0.4 is 10.6 Å². The molecular formula is C19H24N4O3S. The molecule has 0 unspecified atom stereocenters. The maximum Gasteiger partial charge on any atom is 0.319 e. The molecule has 2 aromatic rings. The first-order valence-electron chi connectivity index (χ1n) is 9.00. The van der Waals surface area contributed by atoms with Gasteiger partial charge in [0.25, 0.3) is 0 Å². The zero-order valence-corrected chi connectivity index (χ0v) is 16.3. The second-order valence-electron chi connectivity index (χ2n) is 6.72. The Morgan fingerprint density at radius 3 is 2.81 bits per heavy atom. The third kappa shape index (κ3) is 4.84. The van der Waals surface area contributed by atoms with Crippen LogP contribution in [0.5, 0.6) is 0 Å². The third-order valence-corrected chi connectivity index (χ3v) is 5.63. The third-order valence-electron chi connectivity index (χ3n) is 4.77. The lowest BCUT2D eigenvalue weighted by atomic mass is 9.85. The molecule has 3 rings (SSSR count). The van der Waals surface area contributed by atoms with Gasteiger partial charge in [-0.15, -0.1) is 11.3 Å². The van der Waals surface area contributed by atoms with Gasteiger partial charge < -0.3 is 15.7 Å². The second-order valence-corrected chi connectivity index (χ2v) is 7.84. The van der Waals surface area contributed by atoms with Crippen LogP contribution >= 0.6 is 11.3 Å². The van der Waals surface area contributed by atoms with Crippen molar-refractivity contribution in [2.45, 2.75) is 38.8 Å². The van der Waals surface area contributed by atoms with E-state index >= 15 is 0 Å². The number of carbonyl (C=O) groups excluding carboxylic acids is 1. The van der Waals surface area contributed by atoms with Crippen LogP contribution in [-0.4, -0.2) is 52.2 Å². The minimum atomic E-state index is -0.821. The standard InChI is InChI=1S/C19H24N4O3S/c1-3-23(10-17(24)25)15-8-14(9-15)21-19(26)22-16-5-4-6-20-18(16)13-7-12(2)27-11-13/h4-7,11,14-15H,3,8-10H2,1-2H3,(H,24,25)(H2,21,22,26). The summed E-state index contributed by atoms with van der Waals surface area (Å²) in [4.78, 5) is 30.8. The van der Waals surface area contributed by atoms with Crippen molar-refractivity contribution in [3.63, 3.8) is 0 Å². The minimum Gasteiger partial charge on any atom is -0.480 e. The highest BCUT2D eigenvalue weighted by atomic mass is 32.1. The molecule has 0 spiro atoms. The zero-order valence-electron chi connectivity index (χ0n) is 15.4. The molecule has 3 N–H and O–H groups in total. The van der Waals surface area contributed by atoms with Crippen molar-refractivity contribution in [2.24, 2.45) is 0 Å². The molecule has 0 radical (unpaired) electrons. The fourth-order valence-electron chi connectivity index (χ4n) is 3.32. The van der Waals surface area contributed by atoms with Gasteiger partial charge in [-0.05, 0) is 44.5 Å². The number of amides is 2. The van der Waals surface area contributed by atoms with Gasteiger partial charge in [0.1, 0.15) is 0 Å². The number of rotatable bonds is 7. The first-order chi connectivity index (χ1) is 13.0. The number of thiophene rings is 1. The predicted molar refractivity (Wildman–Crippen MR) is 106 cm³/mol. The number of likely N-dealkylation sites (N-methyl/N-ethyl adjacent to an activating group) is 1. The Morgan fingerprint density at radius 2 is 2.19 bits per heavy atom. The molecule has 2 amide bonds. The first-order valence-corrected chi connectivity index (χ1v) is 9.88. The Labute approximate surface area is 162 Å². The fourth-order valence-corrected chi connectivity index (χ4v) is 4.01. The Hall–Kier alpha value is -2.45. The molecule has 8 heteroatoms. The molecule has 0 aliphatic heterocycles. The van der Waals surface area contributed by atoms with Gasteiger partial charge in [-0.3, -0.25) is 14.7 Å². The highest BCUT2D eigenvalue weighted by Crippen LogP contribution is 2.30. The highest BCUT2D eigenvalue weighted by Gasteiger charge is 2.34. The number of carbonyl (C=O) groups is 2. The van der Waals surface area contributed by atoms with Crippen LogP contribution in [0.3, 0.4) is 0 Å². The smallest absolute Gasteiger partial charge is 0.319 e. The van der Waals surface area contributed by atoms with Crippen LogP contribution in [-0.2, 0) is 4.79 Å². The number of hydrogen-bond donors (Lipinski definition) is 3. The summed E-state index contributed by atoms with van der Waals surface area (Å²) in [5.41, 5.74) is 2.41. The number of nitrogens with one attached hydrogen (secondary N) is 2. The molecule has 0 saturated heterocycles. The van der Waals surface area contributed by atoms with Crippen molar-refractivity contribution < 1.29 is 14.7 Å². The quantitative estimate of drug-likeness (QED) is 0.677. The summed E-state index contributed by atoms with van der Waals surface area (Å²) >= 11 is 1.64. The van der Waals surface area contributed by atoms with Gasteiger partial charge in [-0.1, -0.05) is 6.92 Å². The number of urea groups is 1. The fraction of sp³-hybridized carbons (Fsp3) is 0.421. The number of carboxylic acid groups (broad SMARTS) is 1. The molecule has 0 bridgehead atoms. The number of pyridine rings is 1. The molecule has 1 aliphatic rings. The van der Waals surface area contributed by atoms with E-state index in [9.17, 15) is 9.59 Å². The average Bonchev–Trinajstić information content (AvgIpc) is 3.02. The second kappa shape index (κ2) is 8.49. The number of carboxylic acids is 1. The van der Waals surface area contributed by atoms with Crippen molar-refractivity contribution in [1.29, 1.82) is 0 Å². The van der Waals surface area contributed by atoms with Gasteiger partial charge in [0, 0.05) is 34.1 Å². The summed E-state index contributed by atoms with van der Waals surface area (Å²) in [5, 5.41) is 16.8. The molecule has 144 valence electrons. The maximum absolute atomic E-state index is 12.4. The van der Waals surface area contributed by atoms with Crippen LogP contribution in [0.4, 0.5) is 10.5 Å². The highest BCUT2D eigenvalue weighted by molar-refractivity contribution is 7.10. The monoisotopic (exact) mass is 388 g/mol. The Balaban J connectivity index is 1.55. The average molecular weight is 388 g/mol. The Kier molecular flexibility index (Phi) is 6.08. The van der Waals surface area contributed by atoms with E-state index in [1.807, 2.05) is 36.3 Å². The SMILES string of the molecule is CCN(CC(=O)O)C1CC(NC(=O)Nc2cccnc2-c2csc(C)c2)C1. The van der Waals surface area contributed by atoms with E-state index in [0.717, 1.165) is 24.1 Å². The zero-order chi connectivity index (χ0) is 19.4. The number of aromatic nitrogens is 1. The van der Waals surface area contributed by atoms with E-state index in [1.165, 1.54) is 4.88 Å². The number of aryl methyl sites for hydroxylation is 1. The predicted octanol–water partition coefficient (Wildman–Crippen LogP) is 3.18. The first kappa shape index (κ1) is 19.3. The molecule has 2 heterocycles. The van der Waals surface area contributed by atoms with E-state index in [-0.39, 0.29) is 24.7 Å². The van der Waals surface area contributed by atoms with Gasteiger partial charge >= 0.3 is 12.0 Å². The van der Waals surface area contributed by atoms with Crippen molar-refractivity contribution in [3.8, 4) is 11.3 Å². The van der Waals surface area contributed by atoms with E-state index in [0.29, 0.717) is 12.2 Å². The van der Waals surface area contributed by atoms with Gasteiger partial charge in [-0.2, -0.15) is 0 Å². The van der Waals surface area contributed by atoms with Crippen LogP contribution in [0.2, 0.25) is 0 Å². The summed E-state index contributed by atoms with van der Waals surface area (Å²) in [6.45, 7) is 4.72. The van der Waals surface area contributed by atoms with Crippen LogP contribution in [0, 0.1) is 6.92 Å². The molecule has 1 fully saturated rings. The molecule has 0 atom stereocenters. The Morgan fingerprint density at radius 1 is 1.41 bits per heavy atom. The number of nitrogens with zero attached hydrogens (tertiary/aromatic N) is 2. The van der Waals surface area contributed by atoms with Crippen molar-refractivity contribution in [3.05, 3.63) is 34.7 Å². The molecule has 0 aromatic carbocycles. The lowest BCUT2D eigenvalue weighted by Gasteiger charge is -2.42. The van der Waals surface area contributed by atoms with E-state index < -0.39 is 5.97 Å². The topological polar surface area (TPSA) is 94.6 Å². The molecule has 1 saturated carbocycles. The van der Waals surface area contributed by atoms with Crippen LogP contribution in [0.1, 0.15) is 24.6 Å². The van der Waals surface area contributed by atoms with E-state index in [2.05, 4.69) is 15.6 Å². The van der Waals surface area contributed by atoms with Gasteiger partial charge in [0.15, 0.2) is 0 Å². The number of anilines is 1. The minimum absolute atomic E-state index is 0.0409. The number of aliphatic carboxylic acids is 1. The summed E-state index contributed by atoms with van der Waals surface area (Å²) < 4.78 is 0. The molecule has 7 nitrogen and oxygen atoms in total. The van der Waals surface area contributed by atoms with Crippen LogP contribution in [0.15, 0.2) is 29.8 Å². The molecular weight excluding hydrogens is 364 g/mol. The van der Waals surface area contributed by atoms with Crippen LogP contribution in [0.25, 0.3) is 11.3 Å². The molecule has 1 aliphatic carbocycles. The van der Waals surface area contributed by atoms with Crippen molar-refractivity contribution in [1.82, 2.24) is 15.2 Å². The summed E-state index contributed by atoms with van der Waals surface area (Å²) in [7, 11) is 0. The maximum atomic E-state index is 12.4. The Bertz CT molecular complexity index is 817. The lowest BCUT2D eigenvalue weighted by molar-refractivity contribution is -0.139. The normalized spacial score (nSPS) is 18.8. The van der Waals surface area contributed by atoms with Gasteiger partial charge in [0.05, 0.1) is 17.9 Å². The number of hydrogen-bond acceptors (Lipinski definition) is 5. The molecule has 2 aromatic heterocycles. The van der Waals surface area contributed by atoms with Gasteiger partial charge in [0.2, 0.25) is 0 Å². The summed E-state index contributed by atoms with van der Waals surface area (Å²) in [6, 6.07) is 5.68. The lowest BCUT2D eigenvalue weighted by Crippen LogP contribution is -2.55. The van der Waals surface area contributed by atoms with Crippen molar-refractivity contribution in [2.75, 3.05) is 18.4 Å². The largest absolute Gasteiger partial charge is 0.480 e. The van der Waals surface area contributed by atoms with E-state index in [1.54, 1.807) is 23.6 Å². The van der Waals surface area contributed by atoms with Gasteiger partial charge in [-0.25, -0.2) is 4.79 Å². The molecule has 27 heavy (non-hydrogen) atoms.